The summed E-state index contributed by atoms with van der Waals surface area (Å²) in [6.45, 7) is 5.12. The van der Waals surface area contributed by atoms with Crippen LogP contribution in [0.3, 0.4) is 0 Å². The van der Waals surface area contributed by atoms with Crippen LogP contribution in [-0.4, -0.2) is 41.7 Å². The third-order valence-electron chi connectivity index (χ3n) is 3.75. The number of benzene rings is 1. The van der Waals surface area contributed by atoms with Gasteiger partial charge in [-0.3, -0.25) is 0 Å². The minimum atomic E-state index is 0.712. The Morgan fingerprint density at radius 2 is 1.78 bits per heavy atom. The largest absolute Gasteiger partial charge is 0.378 e. The van der Waals surface area contributed by atoms with Crippen LogP contribution in [-0.2, 0) is 11.8 Å². The highest BCUT2D eigenvalue weighted by atomic mass is 16.5. The Kier molecular flexibility index (Phi) is 4.88. The van der Waals surface area contributed by atoms with Crippen molar-refractivity contribution in [3.05, 3.63) is 59.7 Å². The van der Waals surface area contributed by atoms with E-state index in [9.17, 15) is 0 Å². The SMILES string of the molecule is Cc1ccc(=NC(=Nc2ccccc2)N2CCOCC2)n(C)c1. The maximum atomic E-state index is 5.45. The van der Waals surface area contributed by atoms with Gasteiger partial charge in [0, 0.05) is 26.3 Å². The molecule has 0 saturated carbocycles. The minimum Gasteiger partial charge on any atom is -0.378 e. The molecule has 23 heavy (non-hydrogen) atoms. The Hall–Kier alpha value is -2.40. The summed E-state index contributed by atoms with van der Waals surface area (Å²) >= 11 is 0. The maximum Gasteiger partial charge on any atom is 0.228 e. The molecule has 1 aliphatic heterocycles. The van der Waals surface area contributed by atoms with E-state index < -0.39 is 0 Å². The smallest absolute Gasteiger partial charge is 0.228 e. The molecule has 0 N–H and O–H groups in total. The number of aliphatic imine (C=N–C) groups is 1. The Bertz CT molecular complexity index is 743. The summed E-state index contributed by atoms with van der Waals surface area (Å²) in [5.74, 6) is 0.735. The first-order valence-electron chi connectivity index (χ1n) is 7.87. The summed E-state index contributed by atoms with van der Waals surface area (Å²) in [4.78, 5) is 11.7. The van der Waals surface area contributed by atoms with Crippen molar-refractivity contribution in [3.8, 4) is 0 Å². The topological polar surface area (TPSA) is 42.1 Å². The van der Waals surface area contributed by atoms with Crippen LogP contribution in [0.25, 0.3) is 0 Å². The Morgan fingerprint density at radius 3 is 2.48 bits per heavy atom. The molecule has 1 saturated heterocycles. The highest BCUT2D eigenvalue weighted by molar-refractivity contribution is 5.83. The van der Waals surface area contributed by atoms with E-state index in [1.54, 1.807) is 0 Å². The van der Waals surface area contributed by atoms with E-state index in [-0.39, 0.29) is 0 Å². The third-order valence-corrected chi connectivity index (χ3v) is 3.75. The summed E-state index contributed by atoms with van der Waals surface area (Å²) in [5, 5.41) is 0. The Morgan fingerprint density at radius 1 is 1.04 bits per heavy atom. The molecule has 0 spiro atoms. The fraction of sp³-hybridized carbons (Fsp3) is 0.333. The molecule has 1 aliphatic rings. The molecule has 1 aromatic carbocycles. The van der Waals surface area contributed by atoms with Gasteiger partial charge in [0.05, 0.1) is 18.9 Å². The lowest BCUT2D eigenvalue weighted by molar-refractivity contribution is 0.0675. The van der Waals surface area contributed by atoms with Gasteiger partial charge in [0.1, 0.15) is 5.49 Å². The van der Waals surface area contributed by atoms with Gasteiger partial charge in [0.2, 0.25) is 5.96 Å². The summed E-state index contributed by atoms with van der Waals surface area (Å²) in [5.41, 5.74) is 3.00. The van der Waals surface area contributed by atoms with E-state index in [0.717, 1.165) is 30.2 Å². The van der Waals surface area contributed by atoms with Crippen molar-refractivity contribution in [1.29, 1.82) is 0 Å². The van der Waals surface area contributed by atoms with Gasteiger partial charge in [-0.05, 0) is 30.7 Å². The van der Waals surface area contributed by atoms with Crippen molar-refractivity contribution >= 4 is 11.6 Å². The summed E-state index contributed by atoms with van der Waals surface area (Å²) in [7, 11) is 2.01. The number of para-hydroxylation sites is 1. The number of guanidine groups is 1. The fourth-order valence-corrected chi connectivity index (χ4v) is 2.50. The van der Waals surface area contributed by atoms with Crippen molar-refractivity contribution in [2.45, 2.75) is 6.92 Å². The van der Waals surface area contributed by atoms with E-state index in [1.165, 1.54) is 5.56 Å². The third kappa shape index (κ3) is 4.07. The highest BCUT2D eigenvalue weighted by Gasteiger charge is 2.14. The molecule has 3 rings (SSSR count). The van der Waals surface area contributed by atoms with E-state index in [2.05, 4.69) is 24.1 Å². The van der Waals surface area contributed by atoms with Gasteiger partial charge in [-0.15, -0.1) is 0 Å². The number of hydrogen-bond donors (Lipinski definition) is 0. The van der Waals surface area contributed by atoms with Gasteiger partial charge in [0.25, 0.3) is 0 Å². The molecule has 1 aromatic heterocycles. The zero-order valence-electron chi connectivity index (χ0n) is 13.6. The van der Waals surface area contributed by atoms with E-state index in [1.807, 2.05) is 48.0 Å². The second-order valence-corrected chi connectivity index (χ2v) is 5.63. The van der Waals surface area contributed by atoms with Crippen molar-refractivity contribution < 1.29 is 4.74 Å². The fourth-order valence-electron chi connectivity index (χ4n) is 2.50. The Labute approximate surface area is 136 Å². The maximum absolute atomic E-state index is 5.45. The molecule has 1 fully saturated rings. The van der Waals surface area contributed by atoms with Gasteiger partial charge in [-0.1, -0.05) is 24.3 Å². The zero-order chi connectivity index (χ0) is 16.1. The van der Waals surface area contributed by atoms with Crippen LogP contribution in [0.2, 0.25) is 0 Å². The second kappa shape index (κ2) is 7.24. The Balaban J connectivity index is 2.02. The second-order valence-electron chi connectivity index (χ2n) is 5.63. The van der Waals surface area contributed by atoms with Crippen molar-refractivity contribution in [1.82, 2.24) is 9.47 Å². The van der Waals surface area contributed by atoms with Gasteiger partial charge in [-0.2, -0.15) is 4.99 Å². The average Bonchev–Trinajstić information content (AvgIpc) is 2.58. The summed E-state index contributed by atoms with van der Waals surface area (Å²) in [6, 6.07) is 14.0. The lowest BCUT2D eigenvalue weighted by Gasteiger charge is -2.27. The summed E-state index contributed by atoms with van der Waals surface area (Å²) < 4.78 is 7.47. The van der Waals surface area contributed by atoms with Crippen LogP contribution in [0, 0.1) is 6.92 Å². The molecular formula is C18H22N4O. The molecule has 2 aromatic rings. The number of aryl methyl sites for hydroxylation is 2. The number of nitrogens with zero attached hydrogens (tertiary/aromatic N) is 4. The van der Waals surface area contributed by atoms with Gasteiger partial charge >= 0.3 is 0 Å². The molecular weight excluding hydrogens is 288 g/mol. The van der Waals surface area contributed by atoms with Crippen LogP contribution < -0.4 is 5.49 Å². The number of ether oxygens (including phenoxy) is 1. The average molecular weight is 310 g/mol. The van der Waals surface area contributed by atoms with Crippen molar-refractivity contribution in [2.75, 3.05) is 26.3 Å². The highest BCUT2D eigenvalue weighted by Crippen LogP contribution is 2.12. The van der Waals surface area contributed by atoms with Gasteiger partial charge in [0.15, 0.2) is 0 Å². The summed E-state index contributed by atoms with van der Waals surface area (Å²) in [6.07, 6.45) is 2.07. The van der Waals surface area contributed by atoms with E-state index in [0.29, 0.717) is 13.2 Å². The molecule has 0 bridgehead atoms. The monoisotopic (exact) mass is 310 g/mol. The predicted molar refractivity (Wildman–Crippen MR) is 91.6 cm³/mol. The molecule has 2 heterocycles. The van der Waals surface area contributed by atoms with Gasteiger partial charge in [-0.25, -0.2) is 4.99 Å². The van der Waals surface area contributed by atoms with Crippen LogP contribution >= 0.6 is 0 Å². The van der Waals surface area contributed by atoms with Crippen LogP contribution in [0.15, 0.2) is 58.6 Å². The van der Waals surface area contributed by atoms with Crippen molar-refractivity contribution in [3.63, 3.8) is 0 Å². The molecule has 0 amide bonds. The first kappa shape index (κ1) is 15.5. The lowest BCUT2D eigenvalue weighted by atomic mass is 10.3. The zero-order valence-corrected chi connectivity index (χ0v) is 13.6. The lowest BCUT2D eigenvalue weighted by Crippen LogP contribution is -2.41. The standard InChI is InChI=1S/C18H22N4O/c1-15-8-9-17(21(2)14-15)20-18(22-10-12-23-13-11-22)19-16-6-4-3-5-7-16/h3-9,14H,10-13H2,1-2H3. The number of rotatable bonds is 1. The molecule has 0 aliphatic carbocycles. The predicted octanol–water partition coefficient (Wildman–Crippen LogP) is 2.25. The van der Waals surface area contributed by atoms with Crippen LogP contribution in [0.5, 0.6) is 0 Å². The molecule has 0 unspecified atom stereocenters. The molecule has 0 radical (unpaired) electrons. The first-order chi connectivity index (χ1) is 11.2. The first-order valence-corrected chi connectivity index (χ1v) is 7.87. The van der Waals surface area contributed by atoms with E-state index in [4.69, 9.17) is 14.7 Å². The van der Waals surface area contributed by atoms with Crippen LogP contribution in [0.1, 0.15) is 5.56 Å². The number of hydrogen-bond acceptors (Lipinski definition) is 2. The molecule has 5 heteroatoms. The van der Waals surface area contributed by atoms with Crippen molar-refractivity contribution in [2.24, 2.45) is 17.0 Å². The number of pyridine rings is 1. The molecule has 0 atom stereocenters. The number of aromatic nitrogens is 1. The minimum absolute atomic E-state index is 0.712. The number of morpholine rings is 1. The normalized spacial score (nSPS) is 16.7. The van der Waals surface area contributed by atoms with Gasteiger partial charge < -0.3 is 14.2 Å². The molecule has 5 nitrogen and oxygen atoms in total. The van der Waals surface area contributed by atoms with E-state index >= 15 is 0 Å². The molecule has 120 valence electrons. The van der Waals surface area contributed by atoms with Crippen LogP contribution in [0.4, 0.5) is 5.69 Å². The quantitative estimate of drug-likeness (QED) is 0.599.